The molecule has 0 aliphatic rings. The summed E-state index contributed by atoms with van der Waals surface area (Å²) >= 11 is 0. The molecule has 4 heteroatoms. The minimum Gasteiger partial charge on any atom is -0.480 e. The molecule has 0 saturated carbocycles. The number of nitrogens with two attached hydrogens (primary N) is 1. The van der Waals surface area contributed by atoms with Crippen molar-refractivity contribution in [3.63, 3.8) is 0 Å². The van der Waals surface area contributed by atoms with Gasteiger partial charge in [0.05, 0.1) is 0 Å². The van der Waals surface area contributed by atoms with E-state index in [4.69, 9.17) is 15.9 Å². The Morgan fingerprint density at radius 1 is 1.46 bits per heavy atom. The van der Waals surface area contributed by atoms with Crippen molar-refractivity contribution < 1.29 is 15.0 Å². The molecule has 0 aromatic heterocycles. The van der Waals surface area contributed by atoms with Crippen LogP contribution in [0.15, 0.2) is 24.3 Å². The lowest BCUT2D eigenvalue weighted by molar-refractivity contribution is -0.138. The van der Waals surface area contributed by atoms with Crippen LogP contribution in [0.2, 0.25) is 0 Å². The third kappa shape index (κ3) is 2.76. The summed E-state index contributed by atoms with van der Waals surface area (Å²) in [4.78, 5) is 10.4. The van der Waals surface area contributed by atoms with Crippen molar-refractivity contribution in [2.24, 2.45) is 5.73 Å². The van der Waals surface area contributed by atoms with Crippen LogP contribution in [-0.4, -0.2) is 22.2 Å². The summed E-state index contributed by atoms with van der Waals surface area (Å²) in [6.45, 7) is 0. The van der Waals surface area contributed by atoms with E-state index in [0.717, 1.165) is 5.56 Å². The summed E-state index contributed by atoms with van der Waals surface area (Å²) in [6.07, 6.45) is 0.273. The van der Waals surface area contributed by atoms with Crippen molar-refractivity contribution in [3.8, 4) is 5.75 Å². The molecule has 1 rings (SSSR count). The molecule has 0 aliphatic carbocycles. The molecule has 0 heterocycles. The molecule has 1 radical (unpaired) electrons. The van der Waals surface area contributed by atoms with Gasteiger partial charge in [0, 0.05) is 12.1 Å². The zero-order chi connectivity index (χ0) is 9.84. The fourth-order valence-corrected chi connectivity index (χ4v) is 0.973. The second-order valence-corrected chi connectivity index (χ2v) is 2.82. The Morgan fingerprint density at radius 3 is 2.46 bits per heavy atom. The van der Waals surface area contributed by atoms with Gasteiger partial charge in [-0.1, -0.05) is 0 Å². The van der Waals surface area contributed by atoms with E-state index in [1.54, 1.807) is 12.1 Å². The summed E-state index contributed by atoms with van der Waals surface area (Å²) in [7, 11) is 0. The fraction of sp³-hybridized carbons (Fsp3) is 0.222. The number of carbonyl (C=O) groups is 1. The number of phenolic OH excluding ortho intramolecular Hbond substituents is 1. The lowest BCUT2D eigenvalue weighted by Gasteiger charge is -2.04. The number of carboxylic acid groups (broad SMARTS) is 1. The summed E-state index contributed by atoms with van der Waals surface area (Å²) < 4.78 is 0. The molecule has 1 aromatic rings. The lowest BCUT2D eigenvalue weighted by Crippen LogP contribution is -2.32. The van der Waals surface area contributed by atoms with E-state index in [9.17, 15) is 4.79 Å². The van der Waals surface area contributed by atoms with Crippen LogP contribution in [0.25, 0.3) is 0 Å². The van der Waals surface area contributed by atoms with Crippen LogP contribution in [0, 0.1) is 0 Å². The molecule has 1 atom stereocenters. The molecular formula is C9H11NO3+. The van der Waals surface area contributed by atoms with E-state index in [1.165, 1.54) is 12.1 Å². The molecule has 4 N–H and O–H groups in total. The first kappa shape index (κ1) is 9.54. The predicted molar refractivity (Wildman–Crippen MR) is 47.4 cm³/mol. The Balaban J connectivity index is 2.64. The van der Waals surface area contributed by atoms with Crippen LogP contribution in [0.1, 0.15) is 5.56 Å². The van der Waals surface area contributed by atoms with E-state index in [-0.39, 0.29) is 12.2 Å². The average molecular weight is 181 g/mol. The summed E-state index contributed by atoms with van der Waals surface area (Å²) in [6, 6.07) is 5.42. The number of aliphatic carboxylic acids is 1. The number of hydrogen-bond donors (Lipinski definition) is 2. The Kier molecular flexibility index (Phi) is 2.87. The monoisotopic (exact) mass is 181 g/mol. The molecule has 0 aliphatic heterocycles. The van der Waals surface area contributed by atoms with Gasteiger partial charge < -0.3 is 10.8 Å². The maximum atomic E-state index is 10.4. The van der Waals surface area contributed by atoms with Gasteiger partial charge in [0.1, 0.15) is 6.04 Å². The van der Waals surface area contributed by atoms with Crippen molar-refractivity contribution in [1.29, 1.82) is 0 Å². The normalized spacial score (nSPS) is 12.4. The van der Waals surface area contributed by atoms with E-state index >= 15 is 0 Å². The topological polar surface area (TPSA) is 84.7 Å². The van der Waals surface area contributed by atoms with Crippen molar-refractivity contribution in [2.45, 2.75) is 12.5 Å². The van der Waals surface area contributed by atoms with Crippen LogP contribution in [0.5, 0.6) is 5.75 Å². The molecule has 0 bridgehead atoms. The van der Waals surface area contributed by atoms with Gasteiger partial charge >= 0.3 is 11.7 Å². The number of benzene rings is 1. The number of hydrogen-bond acceptors (Lipinski definition) is 3. The van der Waals surface area contributed by atoms with Gasteiger partial charge in [-0.05, 0) is 24.1 Å². The van der Waals surface area contributed by atoms with E-state index < -0.39 is 12.0 Å². The summed E-state index contributed by atoms with van der Waals surface area (Å²) in [5.74, 6) is -0.860. The molecule has 69 valence electrons. The highest BCUT2D eigenvalue weighted by molar-refractivity contribution is 5.73. The minimum atomic E-state index is -1.02. The van der Waals surface area contributed by atoms with Crippen molar-refractivity contribution in [3.05, 3.63) is 29.8 Å². The second kappa shape index (κ2) is 3.91. The van der Waals surface area contributed by atoms with Crippen LogP contribution in [0.4, 0.5) is 0 Å². The smallest absolute Gasteiger partial charge is 0.340 e. The van der Waals surface area contributed by atoms with E-state index in [1.807, 2.05) is 0 Å². The highest BCUT2D eigenvalue weighted by atomic mass is 16.4. The van der Waals surface area contributed by atoms with Gasteiger partial charge in [-0.25, -0.2) is 0 Å². The number of aromatic hydroxyl groups is 1. The fourth-order valence-electron chi connectivity index (χ4n) is 0.973. The van der Waals surface area contributed by atoms with Crippen molar-refractivity contribution in [1.82, 2.24) is 0 Å². The van der Waals surface area contributed by atoms with Crippen LogP contribution in [-0.2, 0) is 11.2 Å². The third-order valence-electron chi connectivity index (χ3n) is 1.71. The van der Waals surface area contributed by atoms with E-state index in [0.29, 0.717) is 0 Å². The summed E-state index contributed by atoms with van der Waals surface area (Å²) in [5, 5.41) is 17.5. The molecule has 0 unspecified atom stereocenters. The number of rotatable bonds is 3. The van der Waals surface area contributed by atoms with Crippen LogP contribution >= 0.6 is 0 Å². The first-order valence-electron chi connectivity index (χ1n) is 3.86. The first-order valence-corrected chi connectivity index (χ1v) is 3.86. The SMILES string of the molecule is N[C@H](Cc1ccc([OH+])cc1)C(=O)O. The molecule has 0 fully saturated rings. The van der Waals surface area contributed by atoms with Gasteiger partial charge in [-0.3, -0.25) is 9.90 Å². The minimum absolute atomic E-state index is 0.160. The quantitative estimate of drug-likeness (QED) is 0.659. The van der Waals surface area contributed by atoms with Gasteiger partial charge in [0.2, 0.25) is 0 Å². The second-order valence-electron chi connectivity index (χ2n) is 2.82. The molecule has 13 heavy (non-hydrogen) atoms. The van der Waals surface area contributed by atoms with Gasteiger partial charge in [-0.15, -0.1) is 0 Å². The maximum Gasteiger partial charge on any atom is 0.340 e. The number of phenols is 1. The van der Waals surface area contributed by atoms with Crippen LogP contribution in [0.3, 0.4) is 0 Å². The highest BCUT2D eigenvalue weighted by Gasteiger charge is 2.12. The Labute approximate surface area is 75.6 Å². The molecule has 1 aromatic carbocycles. The zero-order valence-electron chi connectivity index (χ0n) is 6.97. The largest absolute Gasteiger partial charge is 0.480 e. The van der Waals surface area contributed by atoms with Gasteiger partial charge in [0.25, 0.3) is 0 Å². The number of carboxylic acids is 1. The highest BCUT2D eigenvalue weighted by Crippen LogP contribution is 2.10. The molecule has 4 nitrogen and oxygen atoms in total. The maximum absolute atomic E-state index is 10.4. The molecule has 0 saturated heterocycles. The van der Waals surface area contributed by atoms with Gasteiger partial charge in [-0.2, -0.15) is 0 Å². The molecule has 0 spiro atoms. The summed E-state index contributed by atoms with van der Waals surface area (Å²) in [5.41, 5.74) is 6.12. The molecular weight excluding hydrogens is 170 g/mol. The standard InChI is InChI=1S/C9H11NO3/c10-8(9(12)13)5-6-1-3-7(11)4-2-6/h1-4,8,11H,5,10H2,(H,12,13)/q+1/t8-/m1/s1. The Morgan fingerprint density at radius 2 is 2.00 bits per heavy atom. The zero-order valence-corrected chi connectivity index (χ0v) is 6.97. The first-order chi connectivity index (χ1) is 6.09. The predicted octanol–water partition coefficient (Wildman–Crippen LogP) is 0.347. The van der Waals surface area contributed by atoms with Crippen molar-refractivity contribution in [2.75, 3.05) is 0 Å². The lowest BCUT2D eigenvalue weighted by atomic mass is 10.1. The van der Waals surface area contributed by atoms with Gasteiger partial charge in [0.15, 0.2) is 0 Å². The Bertz CT molecular complexity index is 294. The third-order valence-corrected chi connectivity index (χ3v) is 1.71. The van der Waals surface area contributed by atoms with E-state index in [2.05, 4.69) is 0 Å². The van der Waals surface area contributed by atoms with Crippen LogP contribution < -0.4 is 5.73 Å². The Hall–Kier alpha value is -1.55. The average Bonchev–Trinajstić information content (AvgIpc) is 2.08. The molecule has 0 amide bonds. The van der Waals surface area contributed by atoms with Crippen molar-refractivity contribution >= 4 is 5.97 Å².